The van der Waals surface area contributed by atoms with Gasteiger partial charge < -0.3 is 14.7 Å². The fraction of sp³-hybridized carbons (Fsp3) is 0.222. The van der Waals surface area contributed by atoms with Crippen LogP contribution in [0.5, 0.6) is 5.75 Å². The molecule has 2 heterocycles. The van der Waals surface area contributed by atoms with Crippen molar-refractivity contribution in [2.45, 2.75) is 19.4 Å². The third kappa shape index (κ3) is 2.63. The highest BCUT2D eigenvalue weighted by molar-refractivity contribution is 5.92. The molecule has 0 saturated carbocycles. The molecule has 0 amide bonds. The second-order valence-corrected chi connectivity index (χ2v) is 5.99. The van der Waals surface area contributed by atoms with Crippen molar-refractivity contribution in [3.8, 4) is 5.75 Å². The van der Waals surface area contributed by atoms with Crippen LogP contribution in [-0.2, 0) is 0 Å². The Morgan fingerprint density at radius 1 is 1.35 bits per heavy atom. The van der Waals surface area contributed by atoms with Crippen LogP contribution in [0, 0.1) is 18.6 Å². The van der Waals surface area contributed by atoms with E-state index in [-0.39, 0.29) is 23.5 Å². The zero-order valence-electron chi connectivity index (χ0n) is 13.7. The number of imidazole rings is 1. The summed E-state index contributed by atoms with van der Waals surface area (Å²) in [5.74, 6) is -1.96. The molecular formula is C18H14F2N2O4. The molecule has 8 heteroatoms. The van der Waals surface area contributed by atoms with E-state index in [1.807, 2.05) is 0 Å². The first kappa shape index (κ1) is 16.3. The maximum Gasteiger partial charge on any atom is 0.335 e. The van der Waals surface area contributed by atoms with Crippen molar-refractivity contribution in [3.63, 3.8) is 0 Å². The van der Waals surface area contributed by atoms with E-state index < -0.39 is 23.7 Å². The maximum atomic E-state index is 14.3. The van der Waals surface area contributed by atoms with Gasteiger partial charge in [0.2, 0.25) is 0 Å². The quantitative estimate of drug-likeness (QED) is 0.776. The van der Waals surface area contributed by atoms with E-state index in [0.29, 0.717) is 23.3 Å². The Labute approximate surface area is 146 Å². The highest BCUT2D eigenvalue weighted by Gasteiger charge is 2.29. The summed E-state index contributed by atoms with van der Waals surface area (Å²) in [6.07, 6.45) is -0.364. The molecule has 1 aliphatic heterocycles. The van der Waals surface area contributed by atoms with Gasteiger partial charge in [-0.1, -0.05) is 0 Å². The van der Waals surface area contributed by atoms with Crippen LogP contribution in [0.25, 0.3) is 11.0 Å². The average Bonchev–Trinajstić information content (AvgIpc) is 2.89. The molecule has 3 aromatic rings. The number of benzene rings is 2. The number of aryl methyl sites for hydroxylation is 1. The third-order valence-electron chi connectivity index (χ3n) is 4.27. The summed E-state index contributed by atoms with van der Waals surface area (Å²) >= 11 is 0. The summed E-state index contributed by atoms with van der Waals surface area (Å²) in [5.41, 5.74) is 1.23. The molecule has 0 spiro atoms. The lowest BCUT2D eigenvalue weighted by atomic mass is 10.0. The number of rotatable bonds is 3. The van der Waals surface area contributed by atoms with Gasteiger partial charge >= 0.3 is 5.97 Å². The van der Waals surface area contributed by atoms with Gasteiger partial charge in [-0.2, -0.15) is 4.73 Å². The molecule has 0 fully saturated rings. The van der Waals surface area contributed by atoms with E-state index in [1.54, 1.807) is 13.0 Å². The molecule has 134 valence electrons. The van der Waals surface area contributed by atoms with Gasteiger partial charge in [0, 0.05) is 18.6 Å². The smallest absolute Gasteiger partial charge is 0.335 e. The molecule has 4 rings (SSSR count). The number of nitrogens with zero attached hydrogens (tertiary/aromatic N) is 2. The zero-order valence-corrected chi connectivity index (χ0v) is 13.7. The number of aromatic nitrogens is 2. The molecule has 1 N–H and O–H groups in total. The molecule has 26 heavy (non-hydrogen) atoms. The number of halogens is 2. The molecule has 1 aromatic heterocycles. The number of hydrogen-bond acceptors (Lipinski definition) is 4. The molecule has 0 aliphatic carbocycles. The number of carboxylic acids is 1. The van der Waals surface area contributed by atoms with Crippen molar-refractivity contribution in [2.75, 3.05) is 6.61 Å². The van der Waals surface area contributed by atoms with Crippen LogP contribution in [0.2, 0.25) is 0 Å². The monoisotopic (exact) mass is 360 g/mol. The van der Waals surface area contributed by atoms with Crippen molar-refractivity contribution in [1.29, 1.82) is 0 Å². The van der Waals surface area contributed by atoms with Gasteiger partial charge in [-0.15, -0.1) is 0 Å². The standard InChI is InChI=1S/C18H14F2N2O4/c1-9-21-13-3-2-10(18(23)24)6-14(13)22(9)26-15-4-5-25-16-8-11(19)7-12(20)17(15)16/h2-3,6-8,15H,4-5H2,1H3,(H,23,24)/t15-/m1/s1. The van der Waals surface area contributed by atoms with E-state index in [1.165, 1.54) is 16.9 Å². The van der Waals surface area contributed by atoms with Gasteiger partial charge in [0.25, 0.3) is 0 Å². The molecule has 0 bridgehead atoms. The van der Waals surface area contributed by atoms with Crippen LogP contribution >= 0.6 is 0 Å². The fourth-order valence-corrected chi connectivity index (χ4v) is 3.09. The van der Waals surface area contributed by atoms with Gasteiger partial charge in [0.1, 0.15) is 28.7 Å². The minimum atomic E-state index is -1.07. The number of aromatic carboxylic acids is 1. The topological polar surface area (TPSA) is 73.6 Å². The van der Waals surface area contributed by atoms with Crippen LogP contribution in [0.3, 0.4) is 0 Å². The van der Waals surface area contributed by atoms with Gasteiger partial charge in [0.15, 0.2) is 6.10 Å². The second-order valence-electron chi connectivity index (χ2n) is 5.99. The predicted molar refractivity (Wildman–Crippen MR) is 87.2 cm³/mol. The lowest BCUT2D eigenvalue weighted by Gasteiger charge is -2.27. The summed E-state index contributed by atoms with van der Waals surface area (Å²) < 4.78 is 34.4. The van der Waals surface area contributed by atoms with Gasteiger partial charge in [0.05, 0.1) is 23.3 Å². The van der Waals surface area contributed by atoms with E-state index in [2.05, 4.69) is 4.98 Å². The van der Waals surface area contributed by atoms with Crippen molar-refractivity contribution in [2.24, 2.45) is 0 Å². The molecule has 1 atom stereocenters. The Kier molecular flexibility index (Phi) is 3.75. The minimum Gasteiger partial charge on any atom is -0.493 e. The zero-order chi connectivity index (χ0) is 18.4. The van der Waals surface area contributed by atoms with E-state index in [4.69, 9.17) is 9.57 Å². The van der Waals surface area contributed by atoms with Crippen LogP contribution in [0.1, 0.15) is 34.3 Å². The number of ether oxygens (including phenoxy) is 1. The summed E-state index contributed by atoms with van der Waals surface area (Å²) in [4.78, 5) is 21.5. The SMILES string of the molecule is Cc1nc2ccc(C(=O)O)cc2n1O[C@@H]1CCOc2cc(F)cc(F)c21. The lowest BCUT2D eigenvalue weighted by molar-refractivity contribution is 0.0114. The van der Waals surface area contributed by atoms with Crippen LogP contribution in [0.15, 0.2) is 30.3 Å². The molecule has 6 nitrogen and oxygen atoms in total. The normalized spacial score (nSPS) is 16.2. The van der Waals surface area contributed by atoms with E-state index in [9.17, 15) is 18.7 Å². The Morgan fingerprint density at radius 2 is 2.15 bits per heavy atom. The van der Waals surface area contributed by atoms with Gasteiger partial charge in [-0.05, 0) is 25.1 Å². The highest BCUT2D eigenvalue weighted by Crippen LogP contribution is 2.36. The lowest BCUT2D eigenvalue weighted by Crippen LogP contribution is -2.26. The maximum absolute atomic E-state index is 14.3. The summed E-state index contributed by atoms with van der Waals surface area (Å²) in [7, 11) is 0. The van der Waals surface area contributed by atoms with Crippen LogP contribution in [0.4, 0.5) is 8.78 Å². The van der Waals surface area contributed by atoms with Crippen molar-refractivity contribution in [1.82, 2.24) is 9.71 Å². The Balaban J connectivity index is 1.78. The number of hydrogen-bond donors (Lipinski definition) is 1. The predicted octanol–water partition coefficient (Wildman–Crippen LogP) is 3.27. The van der Waals surface area contributed by atoms with Gasteiger partial charge in [-0.3, -0.25) is 0 Å². The summed E-state index contributed by atoms with van der Waals surface area (Å²) in [5, 5.41) is 9.18. The fourth-order valence-electron chi connectivity index (χ4n) is 3.09. The largest absolute Gasteiger partial charge is 0.493 e. The molecule has 0 radical (unpaired) electrons. The van der Waals surface area contributed by atoms with Crippen LogP contribution < -0.4 is 9.57 Å². The highest BCUT2D eigenvalue weighted by atomic mass is 19.1. The molecular weight excluding hydrogens is 346 g/mol. The number of fused-ring (bicyclic) bond motifs is 2. The Hall–Kier alpha value is -3.16. The van der Waals surface area contributed by atoms with Crippen molar-refractivity contribution >= 4 is 17.0 Å². The Bertz CT molecular complexity index is 1030. The van der Waals surface area contributed by atoms with Crippen molar-refractivity contribution in [3.05, 3.63) is 58.9 Å². The summed E-state index contributed by atoms with van der Waals surface area (Å²) in [6, 6.07) is 6.38. The molecule has 0 saturated heterocycles. The number of carboxylic acid groups (broad SMARTS) is 1. The molecule has 1 aliphatic rings. The number of carbonyl (C=O) groups is 1. The van der Waals surface area contributed by atoms with Crippen LogP contribution in [-0.4, -0.2) is 27.4 Å². The van der Waals surface area contributed by atoms with E-state index in [0.717, 1.165) is 12.1 Å². The molecule has 2 aromatic carbocycles. The molecule has 0 unspecified atom stereocenters. The minimum absolute atomic E-state index is 0.0860. The summed E-state index contributed by atoms with van der Waals surface area (Å²) in [6.45, 7) is 1.94. The first-order chi connectivity index (χ1) is 12.4. The average molecular weight is 360 g/mol. The first-order valence-corrected chi connectivity index (χ1v) is 7.95. The Morgan fingerprint density at radius 3 is 2.92 bits per heavy atom. The second kappa shape index (κ2) is 5.98. The van der Waals surface area contributed by atoms with Crippen molar-refractivity contribution < 1.29 is 28.3 Å². The van der Waals surface area contributed by atoms with Gasteiger partial charge in [-0.25, -0.2) is 18.6 Å². The first-order valence-electron chi connectivity index (χ1n) is 7.95. The third-order valence-corrected chi connectivity index (χ3v) is 4.27. The van der Waals surface area contributed by atoms with E-state index >= 15 is 0 Å².